The van der Waals surface area contributed by atoms with E-state index in [-0.39, 0.29) is 10.9 Å². The second-order valence-electron chi connectivity index (χ2n) is 5.31. The van der Waals surface area contributed by atoms with E-state index in [1.54, 1.807) is 25.3 Å². The first-order valence-corrected chi connectivity index (χ1v) is 9.47. The summed E-state index contributed by atoms with van der Waals surface area (Å²) in [5.41, 5.74) is 0.666. The molecular formula is C14H20BrN5O3S. The first-order chi connectivity index (χ1) is 11.2. The van der Waals surface area contributed by atoms with Gasteiger partial charge in [0, 0.05) is 11.9 Å². The highest BCUT2D eigenvalue weighted by Crippen LogP contribution is 2.40. The number of nitrogens with two attached hydrogens (primary N) is 1. The van der Waals surface area contributed by atoms with Crippen LogP contribution in [0.25, 0.3) is 0 Å². The Balaban J connectivity index is 2.15. The van der Waals surface area contributed by atoms with Crippen molar-refractivity contribution in [1.82, 2.24) is 9.97 Å². The number of rotatable bonds is 6. The van der Waals surface area contributed by atoms with E-state index < -0.39 is 16.9 Å². The number of hydrogen-bond acceptors (Lipinski definition) is 8. The van der Waals surface area contributed by atoms with Crippen molar-refractivity contribution >= 4 is 44.2 Å². The molecule has 8 nitrogen and oxygen atoms in total. The second-order valence-corrected chi connectivity index (χ2v) is 7.82. The van der Waals surface area contributed by atoms with Gasteiger partial charge in [0.05, 0.1) is 21.5 Å². The van der Waals surface area contributed by atoms with Crippen molar-refractivity contribution in [3.05, 3.63) is 34.9 Å². The number of aliphatic hydroxyl groups excluding tert-OH is 1. The van der Waals surface area contributed by atoms with Crippen molar-refractivity contribution < 1.29 is 14.2 Å². The van der Waals surface area contributed by atoms with Gasteiger partial charge >= 0.3 is 0 Å². The summed E-state index contributed by atoms with van der Waals surface area (Å²) in [4.78, 5) is 8.77. The molecule has 0 amide bonds. The van der Waals surface area contributed by atoms with E-state index in [0.717, 1.165) is 0 Å². The van der Waals surface area contributed by atoms with Crippen LogP contribution >= 0.6 is 26.7 Å². The molecule has 2 atom stereocenters. The normalized spacial score (nSPS) is 14.8. The first-order valence-electron chi connectivity index (χ1n) is 7.07. The molecule has 1 heterocycles. The van der Waals surface area contributed by atoms with Gasteiger partial charge in [0.15, 0.2) is 0 Å². The Hall–Kier alpha value is -1.43. The summed E-state index contributed by atoms with van der Waals surface area (Å²) in [5.74, 6) is 0.902. The molecule has 0 aliphatic heterocycles. The molecule has 0 aliphatic rings. The van der Waals surface area contributed by atoms with E-state index in [1.165, 1.54) is 12.1 Å². The molecule has 0 fully saturated rings. The van der Waals surface area contributed by atoms with Gasteiger partial charge in [-0.25, -0.2) is 10.1 Å². The number of anilines is 3. The van der Waals surface area contributed by atoms with Crippen LogP contribution in [0.1, 0.15) is 13.8 Å². The number of hydrogen-bond donors (Lipinski definition) is 6. The van der Waals surface area contributed by atoms with Gasteiger partial charge < -0.3 is 15.7 Å². The van der Waals surface area contributed by atoms with E-state index in [0.29, 0.717) is 21.9 Å². The van der Waals surface area contributed by atoms with Crippen molar-refractivity contribution in [2.45, 2.75) is 30.9 Å². The maximum Gasteiger partial charge on any atom is 0.229 e. The summed E-state index contributed by atoms with van der Waals surface area (Å²) in [7, 11) is -3.23. The third-order valence-electron chi connectivity index (χ3n) is 3.29. The van der Waals surface area contributed by atoms with Crippen molar-refractivity contribution in [2.24, 2.45) is 5.14 Å². The molecular weight excluding hydrogens is 398 g/mol. The summed E-state index contributed by atoms with van der Waals surface area (Å²) in [6.45, 7) is 3.53. The van der Waals surface area contributed by atoms with E-state index in [9.17, 15) is 14.2 Å². The van der Waals surface area contributed by atoms with Crippen molar-refractivity contribution in [3.8, 4) is 0 Å². The van der Waals surface area contributed by atoms with E-state index in [1.807, 2.05) is 6.92 Å². The van der Waals surface area contributed by atoms with Gasteiger partial charge in [0.2, 0.25) is 5.95 Å². The lowest BCUT2D eigenvalue weighted by Gasteiger charge is -2.26. The number of aromatic nitrogens is 2. The van der Waals surface area contributed by atoms with Gasteiger partial charge in [-0.15, -0.1) is 10.8 Å². The van der Waals surface area contributed by atoms with Crippen molar-refractivity contribution in [1.29, 1.82) is 0 Å². The molecule has 2 rings (SSSR count). The molecule has 1 aromatic heterocycles. The monoisotopic (exact) mass is 417 g/mol. The zero-order chi connectivity index (χ0) is 17.9. The van der Waals surface area contributed by atoms with Crippen LogP contribution in [-0.2, 0) is 0 Å². The van der Waals surface area contributed by atoms with Crippen LogP contribution in [0.4, 0.5) is 17.5 Å². The summed E-state index contributed by atoms with van der Waals surface area (Å²) < 4.78 is 19.5. The summed E-state index contributed by atoms with van der Waals surface area (Å²) in [5, 5.41) is 21.0. The first kappa shape index (κ1) is 18.9. The van der Waals surface area contributed by atoms with Crippen LogP contribution in [0.3, 0.4) is 0 Å². The number of nitrogens with zero attached hydrogens (tertiary/aromatic N) is 2. The summed E-state index contributed by atoms with van der Waals surface area (Å²) >= 11 is 3.36. The zero-order valence-corrected chi connectivity index (χ0v) is 15.5. The third kappa shape index (κ3) is 5.03. The molecule has 132 valence electrons. The predicted molar refractivity (Wildman–Crippen MR) is 99.5 cm³/mol. The Bertz CT molecular complexity index is 694. The minimum Gasteiger partial charge on any atom is -0.391 e. The minimum atomic E-state index is -3.23. The van der Waals surface area contributed by atoms with Crippen LogP contribution in [0, 0.1) is 0 Å². The standard InChI is InChI=1S/C14H20BrN5O3S/c1-8(9(2)21)18-13-12(15)7-17-14(20-13)19-10-3-5-11(6-4-10)24(16,22)23/h3-9,21-23H,16H2,1-2H3,(H2,17,18,19,20). The fourth-order valence-corrected chi connectivity index (χ4v) is 2.57. The number of nitrogens with one attached hydrogen (secondary N) is 2. The highest BCUT2D eigenvalue weighted by molar-refractivity contribution is 9.10. The lowest BCUT2D eigenvalue weighted by Crippen LogP contribution is -2.28. The molecule has 2 unspecified atom stereocenters. The Labute approximate surface area is 150 Å². The Morgan fingerprint density at radius 1 is 1.21 bits per heavy atom. The van der Waals surface area contributed by atoms with E-state index in [2.05, 4.69) is 36.5 Å². The average molecular weight is 418 g/mol. The molecule has 0 spiro atoms. The minimum absolute atomic E-state index is 0.182. The molecule has 0 radical (unpaired) electrons. The number of halogens is 1. The highest BCUT2D eigenvalue weighted by Gasteiger charge is 2.13. The maximum absolute atomic E-state index is 9.58. The van der Waals surface area contributed by atoms with E-state index >= 15 is 0 Å². The maximum atomic E-state index is 9.58. The SMILES string of the molecule is CC(O)C(C)Nc1nc(Nc2ccc(S(N)(O)O)cc2)ncc1Br. The van der Waals surface area contributed by atoms with Crippen molar-refractivity contribution in [3.63, 3.8) is 0 Å². The second kappa shape index (κ2) is 7.64. The zero-order valence-electron chi connectivity index (χ0n) is 13.1. The van der Waals surface area contributed by atoms with Crippen molar-refractivity contribution in [2.75, 3.05) is 10.6 Å². The topological polar surface area (TPSA) is 137 Å². The number of benzene rings is 1. The summed E-state index contributed by atoms with van der Waals surface area (Å²) in [6, 6.07) is 6.15. The van der Waals surface area contributed by atoms with Gasteiger partial charge in [-0.05, 0) is 54.0 Å². The third-order valence-corrected chi connectivity index (χ3v) is 4.84. The molecule has 0 bridgehead atoms. The quantitative estimate of drug-likeness (QED) is 0.421. The largest absolute Gasteiger partial charge is 0.391 e. The van der Waals surface area contributed by atoms with Gasteiger partial charge in [0.1, 0.15) is 5.82 Å². The van der Waals surface area contributed by atoms with Gasteiger partial charge in [-0.3, -0.25) is 9.11 Å². The Kier molecular flexibility index (Phi) is 6.01. The van der Waals surface area contributed by atoms with Crippen LogP contribution in [0.5, 0.6) is 0 Å². The van der Waals surface area contributed by atoms with Crippen LogP contribution in [-0.4, -0.2) is 36.3 Å². The van der Waals surface area contributed by atoms with Crippen LogP contribution in [0.2, 0.25) is 0 Å². The molecule has 7 N–H and O–H groups in total. The molecule has 24 heavy (non-hydrogen) atoms. The molecule has 2 aromatic rings. The molecule has 0 saturated heterocycles. The molecule has 1 aromatic carbocycles. The number of aliphatic hydroxyl groups is 1. The van der Waals surface area contributed by atoms with Crippen LogP contribution in [0.15, 0.2) is 39.8 Å². The molecule has 0 aliphatic carbocycles. The van der Waals surface area contributed by atoms with Gasteiger partial charge in [0.25, 0.3) is 0 Å². The highest BCUT2D eigenvalue weighted by atomic mass is 79.9. The smallest absolute Gasteiger partial charge is 0.229 e. The Morgan fingerprint density at radius 2 is 1.83 bits per heavy atom. The van der Waals surface area contributed by atoms with Crippen LogP contribution < -0.4 is 15.8 Å². The fraction of sp³-hybridized carbons (Fsp3) is 0.286. The van der Waals surface area contributed by atoms with E-state index in [4.69, 9.17) is 5.14 Å². The molecule has 10 heteroatoms. The average Bonchev–Trinajstić information content (AvgIpc) is 2.50. The molecule has 0 saturated carbocycles. The predicted octanol–water partition coefficient (Wildman–Crippen LogP) is 3.15. The van der Waals surface area contributed by atoms with Gasteiger partial charge in [-0.2, -0.15) is 4.98 Å². The van der Waals surface area contributed by atoms with Gasteiger partial charge in [-0.1, -0.05) is 0 Å². The lowest BCUT2D eigenvalue weighted by molar-refractivity contribution is 0.177. The Morgan fingerprint density at radius 3 is 2.38 bits per heavy atom. The lowest BCUT2D eigenvalue weighted by atomic mass is 10.2. The fourth-order valence-electron chi connectivity index (χ4n) is 1.73. The summed E-state index contributed by atoms with van der Waals surface area (Å²) in [6.07, 6.45) is 1.06.